The molecular formula is C23H31N3O. The molecule has 1 aliphatic heterocycles. The normalized spacial score (nSPS) is 14.4. The topological polar surface area (TPSA) is 35.6 Å². The summed E-state index contributed by atoms with van der Waals surface area (Å²) in [7, 11) is 0. The first-order valence-corrected chi connectivity index (χ1v) is 10.0. The van der Waals surface area contributed by atoms with Crippen molar-refractivity contribution in [1.82, 2.24) is 4.90 Å². The van der Waals surface area contributed by atoms with Gasteiger partial charge < -0.3 is 15.1 Å². The summed E-state index contributed by atoms with van der Waals surface area (Å²) in [5, 5.41) is 3.19. The van der Waals surface area contributed by atoms with Crippen LogP contribution < -0.4 is 10.2 Å². The van der Waals surface area contributed by atoms with Crippen LogP contribution >= 0.6 is 0 Å². The standard InChI is InChI=1S/C23H31N3O/c1-5-19-8-7-9-20(6-2)22(19)24-23(27)26-14-12-25(13-15-26)21-16-17(3)10-11-18(21)4/h7-11,16H,5-6,12-15H2,1-4H3,(H,24,27). The number of rotatable bonds is 4. The van der Waals surface area contributed by atoms with Crippen molar-refractivity contribution in [2.75, 3.05) is 36.4 Å². The van der Waals surface area contributed by atoms with E-state index in [0.717, 1.165) is 44.7 Å². The second kappa shape index (κ2) is 8.47. The van der Waals surface area contributed by atoms with Crippen molar-refractivity contribution in [3.63, 3.8) is 0 Å². The Morgan fingerprint density at radius 1 is 0.963 bits per heavy atom. The van der Waals surface area contributed by atoms with E-state index in [-0.39, 0.29) is 6.03 Å². The first kappa shape index (κ1) is 19.3. The maximum Gasteiger partial charge on any atom is 0.321 e. The zero-order valence-corrected chi connectivity index (χ0v) is 17.0. The molecule has 2 amide bonds. The lowest BCUT2D eigenvalue weighted by Gasteiger charge is -2.37. The molecule has 1 heterocycles. The Kier molecular flexibility index (Phi) is 6.04. The highest BCUT2D eigenvalue weighted by atomic mass is 16.2. The maximum absolute atomic E-state index is 12.9. The number of anilines is 2. The van der Waals surface area contributed by atoms with Crippen molar-refractivity contribution in [2.45, 2.75) is 40.5 Å². The molecule has 1 aliphatic rings. The average molecular weight is 366 g/mol. The number of amides is 2. The molecule has 27 heavy (non-hydrogen) atoms. The molecule has 0 spiro atoms. The largest absolute Gasteiger partial charge is 0.368 e. The highest BCUT2D eigenvalue weighted by molar-refractivity contribution is 5.91. The number of para-hydroxylation sites is 1. The summed E-state index contributed by atoms with van der Waals surface area (Å²) in [5.74, 6) is 0. The van der Waals surface area contributed by atoms with E-state index in [4.69, 9.17) is 0 Å². The number of hydrogen-bond acceptors (Lipinski definition) is 2. The maximum atomic E-state index is 12.9. The van der Waals surface area contributed by atoms with Gasteiger partial charge in [0.1, 0.15) is 0 Å². The van der Waals surface area contributed by atoms with Gasteiger partial charge in [-0.3, -0.25) is 0 Å². The summed E-state index contributed by atoms with van der Waals surface area (Å²) in [4.78, 5) is 17.2. The van der Waals surface area contributed by atoms with Gasteiger partial charge in [0, 0.05) is 37.6 Å². The summed E-state index contributed by atoms with van der Waals surface area (Å²) in [6.07, 6.45) is 1.84. The second-order valence-corrected chi connectivity index (χ2v) is 7.35. The highest BCUT2D eigenvalue weighted by Gasteiger charge is 2.23. The van der Waals surface area contributed by atoms with Crippen LogP contribution in [0.15, 0.2) is 36.4 Å². The molecule has 0 saturated carbocycles. The van der Waals surface area contributed by atoms with Crippen molar-refractivity contribution in [2.24, 2.45) is 0 Å². The summed E-state index contributed by atoms with van der Waals surface area (Å²) in [6.45, 7) is 11.8. The van der Waals surface area contributed by atoms with Gasteiger partial charge in [0.05, 0.1) is 0 Å². The van der Waals surface area contributed by atoms with Gasteiger partial charge in [-0.25, -0.2) is 4.79 Å². The van der Waals surface area contributed by atoms with Gasteiger partial charge in [-0.05, 0) is 55.0 Å². The van der Waals surface area contributed by atoms with E-state index in [9.17, 15) is 4.79 Å². The van der Waals surface area contributed by atoms with E-state index in [1.165, 1.54) is 27.9 Å². The predicted octanol–water partition coefficient (Wildman–Crippen LogP) is 4.78. The van der Waals surface area contributed by atoms with Crippen molar-refractivity contribution in [3.8, 4) is 0 Å². The van der Waals surface area contributed by atoms with Crippen LogP contribution in [0.1, 0.15) is 36.1 Å². The van der Waals surface area contributed by atoms with Crippen LogP contribution in [-0.4, -0.2) is 37.1 Å². The minimum absolute atomic E-state index is 0.0196. The number of nitrogens with zero attached hydrogens (tertiary/aromatic N) is 2. The number of hydrogen-bond donors (Lipinski definition) is 1. The lowest BCUT2D eigenvalue weighted by Crippen LogP contribution is -2.50. The number of aryl methyl sites for hydroxylation is 4. The Morgan fingerprint density at radius 3 is 2.19 bits per heavy atom. The van der Waals surface area contributed by atoms with Gasteiger partial charge in [0.2, 0.25) is 0 Å². The van der Waals surface area contributed by atoms with Crippen molar-refractivity contribution in [1.29, 1.82) is 0 Å². The smallest absolute Gasteiger partial charge is 0.321 e. The van der Waals surface area contributed by atoms with E-state index in [0.29, 0.717) is 0 Å². The molecule has 0 radical (unpaired) electrons. The second-order valence-electron chi connectivity index (χ2n) is 7.35. The number of carbonyl (C=O) groups excluding carboxylic acids is 1. The molecule has 0 unspecified atom stereocenters. The molecular weight excluding hydrogens is 334 g/mol. The van der Waals surface area contributed by atoms with Gasteiger partial charge in [0.15, 0.2) is 0 Å². The van der Waals surface area contributed by atoms with Crippen LogP contribution in [0.3, 0.4) is 0 Å². The van der Waals surface area contributed by atoms with Crippen LogP contribution in [-0.2, 0) is 12.8 Å². The Labute approximate surface area is 163 Å². The minimum atomic E-state index is 0.0196. The molecule has 0 aromatic heterocycles. The molecule has 1 fully saturated rings. The van der Waals surface area contributed by atoms with Crippen LogP contribution in [0.4, 0.5) is 16.2 Å². The third-order valence-electron chi connectivity index (χ3n) is 5.50. The molecule has 2 aromatic rings. The Balaban J connectivity index is 1.67. The van der Waals surface area contributed by atoms with Crippen LogP contribution in [0.25, 0.3) is 0 Å². The van der Waals surface area contributed by atoms with Gasteiger partial charge in [-0.2, -0.15) is 0 Å². The lowest BCUT2D eigenvalue weighted by molar-refractivity contribution is 0.208. The van der Waals surface area contributed by atoms with Crippen molar-refractivity contribution in [3.05, 3.63) is 58.7 Å². The molecule has 144 valence electrons. The van der Waals surface area contributed by atoms with Gasteiger partial charge in [0.25, 0.3) is 0 Å². The Hall–Kier alpha value is -2.49. The molecule has 4 nitrogen and oxygen atoms in total. The Morgan fingerprint density at radius 2 is 1.59 bits per heavy atom. The zero-order chi connectivity index (χ0) is 19.4. The third kappa shape index (κ3) is 4.26. The Bertz CT molecular complexity index is 785. The third-order valence-corrected chi connectivity index (χ3v) is 5.50. The number of urea groups is 1. The average Bonchev–Trinajstić information content (AvgIpc) is 2.70. The number of carbonyl (C=O) groups is 1. The molecule has 1 saturated heterocycles. The fourth-order valence-corrected chi connectivity index (χ4v) is 3.80. The summed E-state index contributed by atoms with van der Waals surface area (Å²) >= 11 is 0. The number of nitrogens with one attached hydrogen (secondary N) is 1. The molecule has 0 bridgehead atoms. The SMILES string of the molecule is CCc1cccc(CC)c1NC(=O)N1CCN(c2cc(C)ccc2C)CC1. The first-order chi connectivity index (χ1) is 13.0. The fraction of sp³-hybridized carbons (Fsp3) is 0.435. The first-order valence-electron chi connectivity index (χ1n) is 10.0. The number of benzene rings is 2. The minimum Gasteiger partial charge on any atom is -0.368 e. The van der Waals surface area contributed by atoms with Crippen LogP contribution in [0.2, 0.25) is 0 Å². The zero-order valence-electron chi connectivity index (χ0n) is 17.0. The van der Waals surface area contributed by atoms with Gasteiger partial charge >= 0.3 is 6.03 Å². The van der Waals surface area contributed by atoms with E-state index in [1.54, 1.807) is 0 Å². The van der Waals surface area contributed by atoms with E-state index in [2.05, 4.69) is 74.3 Å². The molecule has 2 aromatic carbocycles. The highest BCUT2D eigenvalue weighted by Crippen LogP contribution is 2.25. The van der Waals surface area contributed by atoms with Gasteiger partial charge in [-0.1, -0.05) is 44.2 Å². The molecule has 3 rings (SSSR count). The summed E-state index contributed by atoms with van der Waals surface area (Å²) in [5.41, 5.74) is 7.28. The molecule has 0 atom stereocenters. The fourth-order valence-electron chi connectivity index (χ4n) is 3.80. The number of piperazine rings is 1. The molecule has 0 aliphatic carbocycles. The quantitative estimate of drug-likeness (QED) is 0.846. The summed E-state index contributed by atoms with van der Waals surface area (Å²) < 4.78 is 0. The van der Waals surface area contributed by atoms with Crippen LogP contribution in [0, 0.1) is 13.8 Å². The van der Waals surface area contributed by atoms with E-state index >= 15 is 0 Å². The van der Waals surface area contributed by atoms with Crippen LogP contribution in [0.5, 0.6) is 0 Å². The monoisotopic (exact) mass is 365 g/mol. The lowest BCUT2D eigenvalue weighted by atomic mass is 10.0. The molecule has 4 heteroatoms. The van der Waals surface area contributed by atoms with E-state index < -0.39 is 0 Å². The predicted molar refractivity (Wildman–Crippen MR) is 114 cm³/mol. The summed E-state index contributed by atoms with van der Waals surface area (Å²) in [6, 6.07) is 12.9. The van der Waals surface area contributed by atoms with Crippen molar-refractivity contribution < 1.29 is 4.79 Å². The molecule has 1 N–H and O–H groups in total. The van der Waals surface area contributed by atoms with Crippen molar-refractivity contribution >= 4 is 17.4 Å². The van der Waals surface area contributed by atoms with Gasteiger partial charge in [-0.15, -0.1) is 0 Å². The van der Waals surface area contributed by atoms with E-state index in [1.807, 2.05) is 4.90 Å².